The number of hydrogen-bond donors (Lipinski definition) is 0. The van der Waals surface area contributed by atoms with Gasteiger partial charge in [-0.25, -0.2) is 0 Å². The fourth-order valence-electron chi connectivity index (χ4n) is 2.79. The standard InChI is InChI=1S/C23H20F3O3S/c1-15-11-22(21(28-2)12-19(15)27)30-14-17-5-3-4-6-20(17)29-13-16-7-9-18(10-8-16)23(24,25)26/h3-12H,13-14H2,1-2H3. The molecule has 0 fully saturated rings. The summed E-state index contributed by atoms with van der Waals surface area (Å²) in [6, 6.07) is 15.7. The third-order valence-electron chi connectivity index (χ3n) is 4.49. The van der Waals surface area contributed by atoms with Crippen LogP contribution in [-0.2, 0) is 23.6 Å². The number of benzene rings is 3. The zero-order chi connectivity index (χ0) is 21.7. The van der Waals surface area contributed by atoms with Gasteiger partial charge in [0.2, 0.25) is 0 Å². The molecule has 3 nitrogen and oxygen atoms in total. The zero-order valence-electron chi connectivity index (χ0n) is 16.5. The molecule has 0 saturated carbocycles. The third kappa shape index (κ3) is 5.42. The Labute approximate surface area is 177 Å². The second kappa shape index (κ2) is 9.34. The SMILES string of the molecule is COc1cc([O])c(C)cc1SCc1ccccc1OCc1ccc(C(F)(F)F)cc1. The van der Waals surface area contributed by atoms with E-state index in [2.05, 4.69) is 0 Å². The maximum atomic E-state index is 12.7. The van der Waals surface area contributed by atoms with Crippen LogP contribution in [-0.4, -0.2) is 7.11 Å². The Morgan fingerprint density at radius 1 is 0.967 bits per heavy atom. The number of halogens is 3. The lowest BCUT2D eigenvalue weighted by Gasteiger charge is -2.13. The molecule has 0 heterocycles. The Hall–Kier alpha value is -2.80. The van der Waals surface area contributed by atoms with E-state index in [0.29, 0.717) is 28.4 Å². The smallest absolute Gasteiger partial charge is 0.416 e. The summed E-state index contributed by atoms with van der Waals surface area (Å²) in [5, 5.41) is 11.8. The molecule has 0 N–H and O–H groups in total. The van der Waals surface area contributed by atoms with Crippen LogP contribution in [0.4, 0.5) is 13.2 Å². The zero-order valence-corrected chi connectivity index (χ0v) is 17.3. The van der Waals surface area contributed by atoms with Crippen molar-refractivity contribution in [3.63, 3.8) is 0 Å². The summed E-state index contributed by atoms with van der Waals surface area (Å²) in [5.74, 6) is 1.69. The topological polar surface area (TPSA) is 38.4 Å². The molecule has 3 aromatic rings. The lowest BCUT2D eigenvalue weighted by atomic mass is 10.1. The van der Waals surface area contributed by atoms with E-state index >= 15 is 0 Å². The van der Waals surface area contributed by atoms with Crippen LogP contribution < -0.4 is 9.47 Å². The van der Waals surface area contributed by atoms with Gasteiger partial charge in [-0.1, -0.05) is 30.3 Å². The van der Waals surface area contributed by atoms with E-state index in [1.54, 1.807) is 13.0 Å². The van der Waals surface area contributed by atoms with E-state index in [-0.39, 0.29) is 12.4 Å². The molecule has 1 radical (unpaired) electrons. The highest BCUT2D eigenvalue weighted by Gasteiger charge is 2.29. The molecule has 0 aromatic heterocycles. The van der Waals surface area contributed by atoms with Crippen LogP contribution in [0.5, 0.6) is 17.2 Å². The minimum Gasteiger partial charge on any atom is -0.495 e. The lowest BCUT2D eigenvalue weighted by molar-refractivity contribution is -0.137. The predicted molar refractivity (Wildman–Crippen MR) is 110 cm³/mol. The average Bonchev–Trinajstić information content (AvgIpc) is 2.73. The fraction of sp³-hybridized carbons (Fsp3) is 0.217. The van der Waals surface area contributed by atoms with E-state index in [0.717, 1.165) is 22.6 Å². The van der Waals surface area contributed by atoms with Crippen LogP contribution in [0, 0.1) is 6.92 Å². The molecular formula is C23H20F3O3S. The van der Waals surface area contributed by atoms with Crippen molar-refractivity contribution in [1.29, 1.82) is 0 Å². The molecule has 0 aliphatic carbocycles. The summed E-state index contributed by atoms with van der Waals surface area (Å²) >= 11 is 1.52. The number of thioether (sulfide) groups is 1. The molecule has 0 aliphatic heterocycles. The van der Waals surface area contributed by atoms with Crippen LogP contribution in [0.25, 0.3) is 0 Å². The van der Waals surface area contributed by atoms with E-state index in [1.165, 1.54) is 37.1 Å². The van der Waals surface area contributed by atoms with Crippen molar-refractivity contribution < 1.29 is 27.8 Å². The molecule has 3 rings (SSSR count). The molecule has 7 heteroatoms. The summed E-state index contributed by atoms with van der Waals surface area (Å²) in [6.07, 6.45) is -4.35. The van der Waals surface area contributed by atoms with Gasteiger partial charge < -0.3 is 9.47 Å². The minimum atomic E-state index is -4.35. The number of methoxy groups -OCH3 is 1. The number of rotatable bonds is 7. The summed E-state index contributed by atoms with van der Waals surface area (Å²) in [6.45, 7) is 1.92. The Morgan fingerprint density at radius 2 is 1.67 bits per heavy atom. The van der Waals surface area contributed by atoms with Crippen molar-refractivity contribution in [2.24, 2.45) is 0 Å². The Kier molecular flexibility index (Phi) is 6.82. The van der Waals surface area contributed by atoms with Gasteiger partial charge in [-0.05, 0) is 42.3 Å². The molecule has 0 saturated heterocycles. The van der Waals surface area contributed by atoms with Crippen LogP contribution >= 0.6 is 11.8 Å². The summed E-state index contributed by atoms with van der Waals surface area (Å²) in [5.41, 5.74) is 1.54. The largest absolute Gasteiger partial charge is 0.495 e. The number of para-hydroxylation sites is 1. The van der Waals surface area contributed by atoms with Gasteiger partial charge in [-0.15, -0.1) is 11.8 Å². The number of ether oxygens (including phenoxy) is 2. The van der Waals surface area contributed by atoms with Crippen LogP contribution in [0.3, 0.4) is 0 Å². The van der Waals surface area contributed by atoms with Crippen molar-refractivity contribution in [1.82, 2.24) is 0 Å². The first-order valence-corrected chi connectivity index (χ1v) is 10.1. The second-order valence-electron chi connectivity index (χ2n) is 6.65. The highest BCUT2D eigenvalue weighted by Crippen LogP contribution is 2.38. The van der Waals surface area contributed by atoms with Gasteiger partial charge >= 0.3 is 6.18 Å². The van der Waals surface area contributed by atoms with Crippen molar-refractivity contribution in [2.75, 3.05) is 7.11 Å². The Bertz CT molecular complexity index is 1000. The van der Waals surface area contributed by atoms with Crippen molar-refractivity contribution in [2.45, 2.75) is 30.4 Å². The van der Waals surface area contributed by atoms with Crippen molar-refractivity contribution in [3.05, 3.63) is 82.9 Å². The number of aryl methyl sites for hydroxylation is 1. The number of hydrogen-bond acceptors (Lipinski definition) is 3. The molecule has 3 aromatic carbocycles. The molecule has 0 aliphatic rings. The molecule has 157 valence electrons. The summed E-state index contributed by atoms with van der Waals surface area (Å²) in [4.78, 5) is 0.854. The quantitative estimate of drug-likeness (QED) is 0.375. The molecule has 0 atom stereocenters. The first-order chi connectivity index (χ1) is 14.3. The fourth-order valence-corrected chi connectivity index (χ4v) is 3.88. The monoisotopic (exact) mass is 433 g/mol. The molecule has 30 heavy (non-hydrogen) atoms. The van der Waals surface area contributed by atoms with E-state index < -0.39 is 11.7 Å². The van der Waals surface area contributed by atoms with E-state index in [9.17, 15) is 18.3 Å². The van der Waals surface area contributed by atoms with E-state index in [1.807, 2.05) is 24.3 Å². The highest BCUT2D eigenvalue weighted by molar-refractivity contribution is 7.98. The van der Waals surface area contributed by atoms with Gasteiger partial charge in [0, 0.05) is 17.4 Å². The molecule has 0 bridgehead atoms. The normalized spacial score (nSPS) is 11.4. The van der Waals surface area contributed by atoms with E-state index in [4.69, 9.17) is 9.47 Å². The Morgan fingerprint density at radius 3 is 2.33 bits per heavy atom. The van der Waals surface area contributed by atoms with Crippen molar-refractivity contribution in [3.8, 4) is 17.2 Å². The van der Waals surface area contributed by atoms with Gasteiger partial charge in [0.1, 0.15) is 18.1 Å². The van der Waals surface area contributed by atoms with Crippen LogP contribution in [0.2, 0.25) is 0 Å². The maximum absolute atomic E-state index is 12.7. The average molecular weight is 433 g/mol. The minimum absolute atomic E-state index is 0.0727. The molecule has 0 unspecified atom stereocenters. The first-order valence-electron chi connectivity index (χ1n) is 9.13. The van der Waals surface area contributed by atoms with Gasteiger partial charge in [0.25, 0.3) is 0 Å². The van der Waals surface area contributed by atoms with Crippen LogP contribution in [0.1, 0.15) is 22.3 Å². The van der Waals surface area contributed by atoms with Crippen LogP contribution in [0.15, 0.2) is 65.6 Å². The van der Waals surface area contributed by atoms with Gasteiger partial charge in [-0.3, -0.25) is 5.11 Å². The highest BCUT2D eigenvalue weighted by atomic mass is 32.2. The Balaban J connectivity index is 1.69. The molecule has 0 spiro atoms. The van der Waals surface area contributed by atoms with Crippen molar-refractivity contribution >= 4 is 11.8 Å². The molecule has 0 amide bonds. The summed E-state index contributed by atoms with van der Waals surface area (Å²) < 4.78 is 49.2. The number of alkyl halides is 3. The summed E-state index contributed by atoms with van der Waals surface area (Å²) in [7, 11) is 1.52. The second-order valence-corrected chi connectivity index (χ2v) is 7.67. The van der Waals surface area contributed by atoms with Gasteiger partial charge in [0.05, 0.1) is 17.6 Å². The lowest BCUT2D eigenvalue weighted by Crippen LogP contribution is -2.05. The van der Waals surface area contributed by atoms with Gasteiger partial charge in [-0.2, -0.15) is 13.2 Å². The first kappa shape index (κ1) is 21.9. The third-order valence-corrected chi connectivity index (χ3v) is 5.58. The van der Waals surface area contributed by atoms with Gasteiger partial charge in [0.15, 0.2) is 5.75 Å². The maximum Gasteiger partial charge on any atom is 0.416 e. The molecular weight excluding hydrogens is 413 g/mol. The predicted octanol–water partition coefficient (Wildman–Crippen LogP) is 7.04.